The molecule has 19 heavy (non-hydrogen) atoms. The molecule has 0 N–H and O–H groups in total. The number of carbonyl (C=O) groups excluding carboxylic acids is 2. The van der Waals surface area contributed by atoms with Gasteiger partial charge in [0.2, 0.25) is 6.29 Å². The maximum Gasteiger partial charge on any atom is 0.218 e. The minimum absolute atomic E-state index is 0.0659. The van der Waals surface area contributed by atoms with Crippen molar-refractivity contribution in [1.82, 2.24) is 0 Å². The minimum atomic E-state index is -0.780. The summed E-state index contributed by atoms with van der Waals surface area (Å²) in [6.07, 6.45) is -0.931. The van der Waals surface area contributed by atoms with E-state index in [1.54, 1.807) is 0 Å². The first-order chi connectivity index (χ1) is 9.16. The lowest BCUT2D eigenvalue weighted by molar-refractivity contribution is -0.153. The Morgan fingerprint density at radius 2 is 2.00 bits per heavy atom. The first-order valence-electron chi connectivity index (χ1n) is 6.27. The number of ether oxygens (including phenoxy) is 2. The molecule has 2 heterocycles. The smallest absolute Gasteiger partial charge is 0.218 e. The summed E-state index contributed by atoms with van der Waals surface area (Å²) in [6, 6.07) is 5.43. The van der Waals surface area contributed by atoms with Crippen molar-refractivity contribution in [3.8, 4) is 0 Å². The fraction of sp³-hybridized carbons (Fsp3) is 0.429. The Bertz CT molecular complexity index is 567. The first-order valence-corrected chi connectivity index (χ1v) is 6.27. The Balaban J connectivity index is 1.60. The molecule has 98 valence electrons. The highest BCUT2D eigenvalue weighted by molar-refractivity contribution is 6.05. The van der Waals surface area contributed by atoms with Crippen LogP contribution in [0.25, 0.3) is 0 Å². The first kappa shape index (κ1) is 11.3. The second-order valence-electron chi connectivity index (χ2n) is 5.24. The van der Waals surface area contributed by atoms with Crippen LogP contribution in [0.15, 0.2) is 24.3 Å². The number of hydrogen-bond acceptors (Lipinski definition) is 4. The number of halogens is 1. The molecule has 0 unspecified atom stereocenters. The molecule has 2 aliphatic heterocycles. The van der Waals surface area contributed by atoms with Gasteiger partial charge in [-0.3, -0.25) is 9.59 Å². The lowest BCUT2D eigenvalue weighted by atomic mass is 10.0. The summed E-state index contributed by atoms with van der Waals surface area (Å²) in [7, 11) is 0. The Morgan fingerprint density at radius 1 is 1.26 bits per heavy atom. The van der Waals surface area contributed by atoms with E-state index in [4.69, 9.17) is 9.47 Å². The van der Waals surface area contributed by atoms with E-state index < -0.39 is 6.29 Å². The third kappa shape index (κ3) is 1.52. The molecule has 0 amide bonds. The SMILES string of the molecule is O=C(c1ccc(F)cc1)[C@@H]1[C@H]2C(=O)[C@@H]3OC[C@H](O3)[C@@H]12. The van der Waals surface area contributed by atoms with Crippen LogP contribution in [0, 0.1) is 23.6 Å². The maximum atomic E-state index is 12.8. The lowest BCUT2D eigenvalue weighted by Crippen LogP contribution is -2.30. The third-order valence-corrected chi connectivity index (χ3v) is 4.21. The minimum Gasteiger partial charge on any atom is -0.343 e. The molecule has 5 heteroatoms. The second kappa shape index (κ2) is 3.71. The molecular formula is C14H11FO4. The quantitative estimate of drug-likeness (QED) is 0.751. The number of ketones is 2. The van der Waals surface area contributed by atoms with Gasteiger partial charge in [0.25, 0.3) is 0 Å². The highest BCUT2D eigenvalue weighted by Crippen LogP contribution is 2.57. The van der Waals surface area contributed by atoms with E-state index in [2.05, 4.69) is 0 Å². The molecule has 3 aliphatic rings. The molecule has 1 saturated carbocycles. The van der Waals surface area contributed by atoms with Gasteiger partial charge in [-0.25, -0.2) is 4.39 Å². The highest BCUT2D eigenvalue weighted by atomic mass is 19.1. The zero-order valence-corrected chi connectivity index (χ0v) is 9.91. The van der Waals surface area contributed by atoms with Gasteiger partial charge in [-0.15, -0.1) is 0 Å². The average molecular weight is 262 g/mol. The van der Waals surface area contributed by atoms with E-state index in [1.807, 2.05) is 0 Å². The summed E-state index contributed by atoms with van der Waals surface area (Å²) in [6.45, 7) is 0.380. The molecule has 3 fully saturated rings. The van der Waals surface area contributed by atoms with Gasteiger partial charge in [-0.2, -0.15) is 0 Å². The third-order valence-electron chi connectivity index (χ3n) is 4.21. The summed E-state index contributed by atoms with van der Waals surface area (Å²) in [5, 5.41) is 0. The van der Waals surface area contributed by atoms with Crippen LogP contribution in [0.4, 0.5) is 4.39 Å². The van der Waals surface area contributed by atoms with E-state index in [1.165, 1.54) is 24.3 Å². The predicted molar refractivity (Wildman–Crippen MR) is 60.8 cm³/mol. The molecule has 0 aromatic heterocycles. The summed E-state index contributed by atoms with van der Waals surface area (Å²) >= 11 is 0. The maximum absolute atomic E-state index is 12.8. The van der Waals surface area contributed by atoms with Crippen LogP contribution in [-0.4, -0.2) is 30.6 Å². The largest absolute Gasteiger partial charge is 0.343 e. The van der Waals surface area contributed by atoms with E-state index >= 15 is 0 Å². The van der Waals surface area contributed by atoms with Crippen LogP contribution >= 0.6 is 0 Å². The van der Waals surface area contributed by atoms with Crippen molar-refractivity contribution in [2.75, 3.05) is 6.61 Å². The number of rotatable bonds is 2. The topological polar surface area (TPSA) is 52.6 Å². The lowest BCUT2D eigenvalue weighted by Gasteiger charge is -2.14. The predicted octanol–water partition coefficient (Wildman–Crippen LogP) is 1.19. The molecule has 0 spiro atoms. The van der Waals surface area contributed by atoms with E-state index in [9.17, 15) is 14.0 Å². The monoisotopic (exact) mass is 262 g/mol. The molecule has 4 nitrogen and oxygen atoms in total. The van der Waals surface area contributed by atoms with Gasteiger partial charge < -0.3 is 9.47 Å². The van der Waals surface area contributed by atoms with Crippen LogP contribution in [0.3, 0.4) is 0 Å². The van der Waals surface area contributed by atoms with Gasteiger partial charge in [0.1, 0.15) is 5.82 Å². The fourth-order valence-electron chi connectivity index (χ4n) is 3.24. The molecular weight excluding hydrogens is 251 g/mol. The van der Waals surface area contributed by atoms with E-state index in [0.717, 1.165) is 0 Å². The fourth-order valence-corrected chi connectivity index (χ4v) is 3.24. The molecule has 1 aromatic carbocycles. The van der Waals surface area contributed by atoms with Gasteiger partial charge in [0, 0.05) is 23.3 Å². The van der Waals surface area contributed by atoms with Crippen LogP contribution in [0.1, 0.15) is 10.4 Å². The van der Waals surface area contributed by atoms with Crippen molar-refractivity contribution >= 4 is 11.6 Å². The second-order valence-corrected chi connectivity index (χ2v) is 5.24. The van der Waals surface area contributed by atoms with Gasteiger partial charge in [-0.1, -0.05) is 0 Å². The standard InChI is InChI=1S/C14H11FO4/c15-7-3-1-6(2-4-7)12(16)10-9-8-5-18-14(19-8)13(17)11(9)10/h1-4,8-11,14H,5H2/t8-,9-,10-,11-,14+/m0/s1. The summed E-state index contributed by atoms with van der Waals surface area (Å²) in [5.74, 6) is -1.26. The molecule has 2 bridgehead atoms. The molecule has 0 radical (unpaired) electrons. The summed E-state index contributed by atoms with van der Waals surface area (Å²) in [5.41, 5.74) is 0.449. The number of fused-ring (bicyclic) bond motifs is 4. The molecule has 5 atom stereocenters. The van der Waals surface area contributed by atoms with Crippen LogP contribution < -0.4 is 0 Å². The number of hydrogen-bond donors (Lipinski definition) is 0. The van der Waals surface area contributed by atoms with Crippen molar-refractivity contribution in [3.05, 3.63) is 35.6 Å². The van der Waals surface area contributed by atoms with Crippen LogP contribution in [0.2, 0.25) is 0 Å². The number of benzene rings is 1. The zero-order chi connectivity index (χ0) is 13.1. The number of Topliss-reactive ketones (excluding diaryl/α,β-unsaturated/α-hetero) is 2. The van der Waals surface area contributed by atoms with Crippen molar-refractivity contribution < 1.29 is 23.5 Å². The van der Waals surface area contributed by atoms with E-state index in [0.29, 0.717) is 12.2 Å². The van der Waals surface area contributed by atoms with Crippen molar-refractivity contribution in [3.63, 3.8) is 0 Å². The Hall–Kier alpha value is -1.59. The van der Waals surface area contributed by atoms with Crippen LogP contribution in [0.5, 0.6) is 0 Å². The van der Waals surface area contributed by atoms with Gasteiger partial charge in [0.15, 0.2) is 11.6 Å². The van der Waals surface area contributed by atoms with Crippen molar-refractivity contribution in [1.29, 1.82) is 0 Å². The van der Waals surface area contributed by atoms with Gasteiger partial charge >= 0.3 is 0 Å². The van der Waals surface area contributed by atoms with E-state index in [-0.39, 0.29) is 41.2 Å². The number of carbonyl (C=O) groups is 2. The Morgan fingerprint density at radius 3 is 2.74 bits per heavy atom. The summed E-state index contributed by atoms with van der Waals surface area (Å²) < 4.78 is 23.5. The molecule has 1 aliphatic carbocycles. The zero-order valence-electron chi connectivity index (χ0n) is 9.91. The molecule has 4 rings (SSSR count). The Kier molecular flexibility index (Phi) is 2.20. The van der Waals surface area contributed by atoms with Gasteiger partial charge in [0.05, 0.1) is 12.7 Å². The van der Waals surface area contributed by atoms with Gasteiger partial charge in [-0.05, 0) is 24.3 Å². The molecule has 1 aromatic rings. The highest BCUT2D eigenvalue weighted by Gasteiger charge is 2.68. The van der Waals surface area contributed by atoms with Crippen molar-refractivity contribution in [2.45, 2.75) is 12.4 Å². The van der Waals surface area contributed by atoms with Crippen molar-refractivity contribution in [2.24, 2.45) is 17.8 Å². The Labute approximate surface area is 108 Å². The van der Waals surface area contributed by atoms with Crippen LogP contribution in [-0.2, 0) is 14.3 Å². The average Bonchev–Trinajstić information content (AvgIpc) is 3.02. The molecule has 2 saturated heterocycles. The normalized spacial score (nSPS) is 39.0. The summed E-state index contributed by atoms with van der Waals surface area (Å²) in [4.78, 5) is 24.3.